The molecule has 1 heterocycles. The fraction of sp³-hybridized carbons (Fsp3) is 0.462. The van der Waals surface area contributed by atoms with Gasteiger partial charge in [0.05, 0.1) is 7.11 Å². The van der Waals surface area contributed by atoms with Crippen LogP contribution in [0.25, 0.3) is 0 Å². The van der Waals surface area contributed by atoms with Gasteiger partial charge in [0.25, 0.3) is 0 Å². The highest BCUT2D eigenvalue weighted by Crippen LogP contribution is 2.28. The highest BCUT2D eigenvalue weighted by atomic mass is 79.9. The van der Waals surface area contributed by atoms with E-state index in [9.17, 15) is 8.42 Å². The maximum atomic E-state index is 12.5. The van der Waals surface area contributed by atoms with Gasteiger partial charge in [-0.2, -0.15) is 5.26 Å². The quantitative estimate of drug-likeness (QED) is 0.811. The van der Waals surface area contributed by atoms with E-state index in [2.05, 4.69) is 26.8 Å². The SMILES string of the molecule is COc1ccc(Br)cc1S(=O)(=O)N[C@@H]1C[C@H](C)N(C#N)C1. The van der Waals surface area contributed by atoms with E-state index in [0.717, 1.165) is 0 Å². The van der Waals surface area contributed by atoms with Crippen LogP contribution in [0, 0.1) is 11.5 Å². The average Bonchev–Trinajstić information content (AvgIpc) is 2.77. The Morgan fingerprint density at radius 2 is 2.24 bits per heavy atom. The Labute approximate surface area is 132 Å². The van der Waals surface area contributed by atoms with Gasteiger partial charge in [-0.25, -0.2) is 13.1 Å². The van der Waals surface area contributed by atoms with Crippen molar-refractivity contribution in [1.82, 2.24) is 9.62 Å². The number of nitriles is 1. The predicted octanol–water partition coefficient (Wildman–Crippen LogP) is 1.68. The summed E-state index contributed by atoms with van der Waals surface area (Å²) >= 11 is 3.26. The molecule has 114 valence electrons. The van der Waals surface area contributed by atoms with E-state index < -0.39 is 10.0 Å². The number of ether oxygens (including phenoxy) is 1. The standard InChI is InChI=1S/C13H16BrN3O3S/c1-9-5-11(7-17(9)8-15)16-21(18,19)13-6-10(14)3-4-12(13)20-2/h3-4,6,9,11,16H,5,7H2,1-2H3/t9-,11+/m0/s1. The normalized spacial score (nSPS) is 22.1. The van der Waals surface area contributed by atoms with Gasteiger partial charge in [-0.05, 0) is 31.5 Å². The molecule has 1 aromatic rings. The molecule has 0 radical (unpaired) electrons. The summed E-state index contributed by atoms with van der Waals surface area (Å²) in [6.45, 7) is 2.28. The zero-order valence-electron chi connectivity index (χ0n) is 11.7. The molecule has 0 aromatic heterocycles. The zero-order valence-corrected chi connectivity index (χ0v) is 14.1. The lowest BCUT2D eigenvalue weighted by Gasteiger charge is -2.15. The molecule has 2 atom stereocenters. The van der Waals surface area contributed by atoms with Gasteiger partial charge in [-0.1, -0.05) is 15.9 Å². The molecule has 0 saturated carbocycles. The summed E-state index contributed by atoms with van der Waals surface area (Å²) in [6.07, 6.45) is 2.67. The maximum Gasteiger partial charge on any atom is 0.244 e. The van der Waals surface area contributed by atoms with E-state index in [1.807, 2.05) is 6.92 Å². The fourth-order valence-corrected chi connectivity index (χ4v) is 4.35. The van der Waals surface area contributed by atoms with Crippen LogP contribution in [-0.4, -0.2) is 39.1 Å². The topological polar surface area (TPSA) is 82.4 Å². The minimum absolute atomic E-state index is 0.0344. The van der Waals surface area contributed by atoms with E-state index >= 15 is 0 Å². The Balaban J connectivity index is 2.24. The van der Waals surface area contributed by atoms with Gasteiger partial charge in [-0.3, -0.25) is 0 Å². The van der Waals surface area contributed by atoms with Crippen molar-refractivity contribution in [3.05, 3.63) is 22.7 Å². The van der Waals surface area contributed by atoms with Gasteiger partial charge in [0, 0.05) is 23.1 Å². The number of nitrogens with zero attached hydrogens (tertiary/aromatic N) is 2. The first kappa shape index (κ1) is 16.1. The predicted molar refractivity (Wildman–Crippen MR) is 81.2 cm³/mol. The minimum Gasteiger partial charge on any atom is -0.495 e. The van der Waals surface area contributed by atoms with Crippen LogP contribution in [0.15, 0.2) is 27.6 Å². The second kappa shape index (κ2) is 6.22. The van der Waals surface area contributed by atoms with E-state index in [0.29, 0.717) is 17.4 Å². The van der Waals surface area contributed by atoms with Crippen molar-refractivity contribution >= 4 is 26.0 Å². The van der Waals surface area contributed by atoms with Gasteiger partial charge in [0.15, 0.2) is 6.19 Å². The Hall–Kier alpha value is -1.30. The number of hydrogen-bond donors (Lipinski definition) is 1. The second-order valence-corrected chi connectivity index (χ2v) is 7.55. The van der Waals surface area contributed by atoms with Crippen LogP contribution in [-0.2, 0) is 10.0 Å². The first-order valence-corrected chi connectivity index (χ1v) is 8.67. The molecule has 1 saturated heterocycles. The van der Waals surface area contributed by atoms with E-state index in [1.54, 1.807) is 17.0 Å². The largest absolute Gasteiger partial charge is 0.495 e. The molecule has 8 heteroatoms. The van der Waals surface area contributed by atoms with Gasteiger partial charge in [0.1, 0.15) is 10.6 Å². The number of methoxy groups -OCH3 is 1. The van der Waals surface area contributed by atoms with Crippen molar-refractivity contribution in [2.24, 2.45) is 0 Å². The lowest BCUT2D eigenvalue weighted by molar-refractivity contribution is 0.386. The molecule has 1 aromatic carbocycles. The molecule has 2 rings (SSSR count). The summed E-state index contributed by atoms with van der Waals surface area (Å²) in [5.41, 5.74) is 0. The van der Waals surface area contributed by atoms with Crippen molar-refractivity contribution in [2.45, 2.75) is 30.3 Å². The number of likely N-dealkylation sites (tertiary alicyclic amines) is 1. The summed E-state index contributed by atoms with van der Waals surface area (Å²) in [5.74, 6) is 0.286. The lowest BCUT2D eigenvalue weighted by Crippen LogP contribution is -2.36. The van der Waals surface area contributed by atoms with E-state index in [-0.39, 0.29) is 22.7 Å². The Kier molecular flexibility index (Phi) is 4.76. The van der Waals surface area contributed by atoms with Crippen LogP contribution >= 0.6 is 15.9 Å². The molecule has 0 amide bonds. The molecular weight excluding hydrogens is 358 g/mol. The Morgan fingerprint density at radius 3 is 2.81 bits per heavy atom. The molecule has 1 fully saturated rings. The second-order valence-electron chi connectivity index (χ2n) is 4.95. The minimum atomic E-state index is -3.71. The van der Waals surface area contributed by atoms with E-state index in [4.69, 9.17) is 10.00 Å². The number of rotatable bonds is 4. The van der Waals surface area contributed by atoms with Crippen LogP contribution in [0.3, 0.4) is 0 Å². The third-order valence-electron chi connectivity index (χ3n) is 3.44. The van der Waals surface area contributed by atoms with Crippen LogP contribution in [0.2, 0.25) is 0 Å². The fourth-order valence-electron chi connectivity index (χ4n) is 2.40. The molecule has 1 aliphatic rings. The van der Waals surface area contributed by atoms with Gasteiger partial charge in [-0.15, -0.1) is 0 Å². The molecule has 0 aliphatic carbocycles. The van der Waals surface area contributed by atoms with Gasteiger partial charge in [0.2, 0.25) is 10.0 Å². The van der Waals surface area contributed by atoms with Crippen molar-refractivity contribution in [1.29, 1.82) is 5.26 Å². The monoisotopic (exact) mass is 373 g/mol. The lowest BCUT2D eigenvalue weighted by atomic mass is 10.2. The van der Waals surface area contributed by atoms with Crippen LogP contribution in [0.1, 0.15) is 13.3 Å². The maximum absolute atomic E-state index is 12.5. The summed E-state index contributed by atoms with van der Waals surface area (Å²) in [5, 5.41) is 8.96. The van der Waals surface area contributed by atoms with Crippen LogP contribution < -0.4 is 9.46 Å². The number of halogens is 1. The average molecular weight is 374 g/mol. The summed E-state index contributed by atoms with van der Waals surface area (Å²) in [7, 11) is -2.28. The summed E-state index contributed by atoms with van der Waals surface area (Å²) in [6, 6.07) is 4.56. The molecular formula is C13H16BrN3O3S. The summed E-state index contributed by atoms with van der Waals surface area (Å²) in [4.78, 5) is 1.66. The molecule has 1 aliphatic heterocycles. The molecule has 21 heavy (non-hydrogen) atoms. The highest BCUT2D eigenvalue weighted by Gasteiger charge is 2.32. The van der Waals surface area contributed by atoms with E-state index in [1.165, 1.54) is 13.2 Å². The van der Waals surface area contributed by atoms with Gasteiger partial charge < -0.3 is 9.64 Å². The molecule has 0 spiro atoms. The van der Waals surface area contributed by atoms with Crippen LogP contribution in [0.4, 0.5) is 0 Å². The molecule has 6 nitrogen and oxygen atoms in total. The number of nitrogens with one attached hydrogen (secondary N) is 1. The van der Waals surface area contributed by atoms with Crippen molar-refractivity contribution in [3.8, 4) is 11.9 Å². The molecule has 0 bridgehead atoms. The van der Waals surface area contributed by atoms with Crippen molar-refractivity contribution < 1.29 is 13.2 Å². The molecule has 1 N–H and O–H groups in total. The summed E-state index contributed by atoms with van der Waals surface area (Å²) < 4.78 is 33.4. The zero-order chi connectivity index (χ0) is 15.6. The third-order valence-corrected chi connectivity index (χ3v) is 5.48. The Morgan fingerprint density at radius 1 is 1.52 bits per heavy atom. The third kappa shape index (κ3) is 3.48. The first-order valence-electron chi connectivity index (χ1n) is 6.39. The van der Waals surface area contributed by atoms with Gasteiger partial charge >= 0.3 is 0 Å². The number of sulfonamides is 1. The number of benzene rings is 1. The number of hydrogen-bond acceptors (Lipinski definition) is 5. The molecule has 0 unspecified atom stereocenters. The first-order chi connectivity index (χ1) is 9.87. The smallest absolute Gasteiger partial charge is 0.244 e. The Bertz CT molecular complexity index is 672. The highest BCUT2D eigenvalue weighted by molar-refractivity contribution is 9.10. The van der Waals surface area contributed by atoms with Crippen molar-refractivity contribution in [2.75, 3.05) is 13.7 Å². The van der Waals surface area contributed by atoms with Crippen LogP contribution in [0.5, 0.6) is 5.75 Å². The van der Waals surface area contributed by atoms with Crippen molar-refractivity contribution in [3.63, 3.8) is 0 Å².